The lowest BCUT2D eigenvalue weighted by atomic mass is 10.2. The van der Waals surface area contributed by atoms with Crippen LogP contribution >= 0.6 is 11.3 Å². The summed E-state index contributed by atoms with van der Waals surface area (Å²) in [6.07, 6.45) is -0.390. The van der Waals surface area contributed by atoms with Crippen LogP contribution in [0.1, 0.15) is 16.1 Å². The van der Waals surface area contributed by atoms with Crippen molar-refractivity contribution in [1.82, 2.24) is 4.90 Å². The molecule has 1 amide bonds. The fraction of sp³-hybridized carbons (Fsp3) is 0.500. The summed E-state index contributed by atoms with van der Waals surface area (Å²) in [5.41, 5.74) is 0. The molecule has 21 heavy (non-hydrogen) atoms. The highest BCUT2D eigenvalue weighted by molar-refractivity contribution is 7.91. The van der Waals surface area contributed by atoms with Crippen molar-refractivity contribution in [2.75, 3.05) is 25.2 Å². The zero-order valence-electron chi connectivity index (χ0n) is 11.3. The van der Waals surface area contributed by atoms with Crippen LogP contribution in [0, 0.1) is 0 Å². The van der Waals surface area contributed by atoms with Gasteiger partial charge in [-0.3, -0.25) is 9.59 Å². The Bertz CT molecular complexity index is 650. The van der Waals surface area contributed by atoms with Gasteiger partial charge in [-0.05, 0) is 11.4 Å². The first-order chi connectivity index (χ1) is 9.84. The molecule has 0 aromatic carbocycles. The van der Waals surface area contributed by atoms with Crippen molar-refractivity contribution in [3.63, 3.8) is 0 Å². The lowest BCUT2D eigenvalue weighted by Gasteiger charge is -2.34. The summed E-state index contributed by atoms with van der Waals surface area (Å²) in [5, 5.41) is 10.6. The number of nitrogens with zero attached hydrogens (tertiary/aromatic N) is 1. The summed E-state index contributed by atoms with van der Waals surface area (Å²) in [6, 6.07) is 0.797. The van der Waals surface area contributed by atoms with Crippen molar-refractivity contribution >= 4 is 33.1 Å². The van der Waals surface area contributed by atoms with E-state index >= 15 is 0 Å². The minimum absolute atomic E-state index is 0.000166. The number of hydrogen-bond acceptors (Lipinski definition) is 6. The van der Waals surface area contributed by atoms with Crippen molar-refractivity contribution in [3.05, 3.63) is 16.3 Å². The van der Waals surface area contributed by atoms with E-state index in [1.54, 1.807) is 11.4 Å². The van der Waals surface area contributed by atoms with Crippen molar-refractivity contribution in [1.29, 1.82) is 0 Å². The molecule has 9 heteroatoms. The van der Waals surface area contributed by atoms with Crippen molar-refractivity contribution in [2.45, 2.75) is 12.5 Å². The molecule has 1 atom stereocenters. The van der Waals surface area contributed by atoms with E-state index in [1.165, 1.54) is 23.3 Å². The predicted octanol–water partition coefficient (Wildman–Crippen LogP) is 0.471. The molecule has 1 fully saturated rings. The number of rotatable bonds is 4. The number of carboxylic acid groups (broad SMARTS) is 1. The predicted molar refractivity (Wildman–Crippen MR) is 76.6 cm³/mol. The molecule has 1 saturated heterocycles. The van der Waals surface area contributed by atoms with E-state index < -0.39 is 28.3 Å². The topological polar surface area (TPSA) is 101 Å². The van der Waals surface area contributed by atoms with Gasteiger partial charge in [0.2, 0.25) is 0 Å². The molecule has 0 bridgehead atoms. The first kappa shape index (κ1) is 15.8. The number of sulfone groups is 1. The average molecular weight is 333 g/mol. The van der Waals surface area contributed by atoms with E-state index in [0.717, 1.165) is 0 Å². The van der Waals surface area contributed by atoms with Crippen LogP contribution in [0.15, 0.2) is 11.4 Å². The van der Waals surface area contributed by atoms with Gasteiger partial charge < -0.3 is 14.7 Å². The highest BCUT2D eigenvalue weighted by atomic mass is 32.2. The Morgan fingerprint density at radius 1 is 1.52 bits per heavy atom. The Labute approximate surface area is 126 Å². The van der Waals surface area contributed by atoms with Gasteiger partial charge in [0.15, 0.2) is 9.84 Å². The maximum atomic E-state index is 12.5. The molecule has 0 aliphatic carbocycles. The third-order valence-corrected chi connectivity index (χ3v) is 5.83. The van der Waals surface area contributed by atoms with Crippen LogP contribution in [0.2, 0.25) is 0 Å². The Kier molecular flexibility index (Phi) is 4.52. The standard InChI is InChI=1S/C12H15NO6S2/c1-19-9-2-4-20-11(9)12(16)13-3-5-21(17,18)7-8(13)6-10(14)15/h2,4,8H,3,5-7H2,1H3,(H,14,15). The summed E-state index contributed by atoms with van der Waals surface area (Å²) >= 11 is 1.18. The molecule has 7 nitrogen and oxygen atoms in total. The number of methoxy groups -OCH3 is 1. The van der Waals surface area contributed by atoms with E-state index in [-0.39, 0.29) is 24.0 Å². The van der Waals surface area contributed by atoms with Crippen LogP contribution in [-0.4, -0.2) is 61.5 Å². The summed E-state index contributed by atoms with van der Waals surface area (Å²) in [5.74, 6) is -1.58. The number of carboxylic acids is 1. The zero-order valence-corrected chi connectivity index (χ0v) is 12.9. The lowest BCUT2D eigenvalue weighted by molar-refractivity contribution is -0.138. The number of ether oxygens (including phenoxy) is 1. The molecule has 116 valence electrons. The maximum absolute atomic E-state index is 12.5. The largest absolute Gasteiger partial charge is 0.495 e. The van der Waals surface area contributed by atoms with E-state index in [0.29, 0.717) is 10.6 Å². The van der Waals surface area contributed by atoms with Gasteiger partial charge in [-0.1, -0.05) is 0 Å². The summed E-state index contributed by atoms with van der Waals surface area (Å²) in [4.78, 5) is 25.1. The Balaban J connectivity index is 2.27. The fourth-order valence-electron chi connectivity index (χ4n) is 2.27. The van der Waals surface area contributed by atoms with Crippen LogP contribution < -0.4 is 4.74 Å². The second-order valence-electron chi connectivity index (χ2n) is 4.68. The molecule has 1 aromatic rings. The second kappa shape index (κ2) is 6.02. The first-order valence-electron chi connectivity index (χ1n) is 6.18. The van der Waals surface area contributed by atoms with Gasteiger partial charge in [-0.2, -0.15) is 0 Å². The smallest absolute Gasteiger partial charge is 0.305 e. The number of carbonyl (C=O) groups excluding carboxylic acids is 1. The molecular weight excluding hydrogens is 318 g/mol. The number of aliphatic carboxylic acids is 1. The van der Waals surface area contributed by atoms with E-state index in [2.05, 4.69) is 0 Å². The molecule has 1 aliphatic heterocycles. The molecular formula is C12H15NO6S2. The van der Waals surface area contributed by atoms with Gasteiger partial charge in [0, 0.05) is 6.54 Å². The fourth-order valence-corrected chi connectivity index (χ4v) is 4.61. The lowest BCUT2D eigenvalue weighted by Crippen LogP contribution is -2.51. The Hall–Kier alpha value is -1.61. The van der Waals surface area contributed by atoms with E-state index in [1.807, 2.05) is 0 Å². The Morgan fingerprint density at radius 3 is 2.86 bits per heavy atom. The molecule has 1 aliphatic rings. The van der Waals surface area contributed by atoms with Crippen molar-refractivity contribution in [3.8, 4) is 5.75 Å². The molecule has 0 saturated carbocycles. The first-order valence-corrected chi connectivity index (χ1v) is 8.89. The average Bonchev–Trinajstić information content (AvgIpc) is 2.84. The van der Waals surface area contributed by atoms with Gasteiger partial charge in [-0.15, -0.1) is 11.3 Å². The normalized spacial score (nSPS) is 21.0. The van der Waals surface area contributed by atoms with Crippen LogP contribution in [0.3, 0.4) is 0 Å². The van der Waals surface area contributed by atoms with Gasteiger partial charge in [-0.25, -0.2) is 8.42 Å². The molecule has 2 heterocycles. The van der Waals surface area contributed by atoms with Crippen LogP contribution in [0.5, 0.6) is 5.75 Å². The number of thiophene rings is 1. The SMILES string of the molecule is COc1ccsc1C(=O)N1CCS(=O)(=O)CC1CC(=O)O. The molecule has 0 spiro atoms. The quantitative estimate of drug-likeness (QED) is 0.859. The van der Waals surface area contributed by atoms with Gasteiger partial charge >= 0.3 is 5.97 Å². The van der Waals surface area contributed by atoms with E-state index in [4.69, 9.17) is 9.84 Å². The summed E-state index contributed by atoms with van der Waals surface area (Å²) in [7, 11) is -1.87. The monoisotopic (exact) mass is 333 g/mol. The number of hydrogen-bond donors (Lipinski definition) is 1. The third-order valence-electron chi connectivity index (χ3n) is 3.24. The Morgan fingerprint density at radius 2 is 2.24 bits per heavy atom. The van der Waals surface area contributed by atoms with Crippen LogP contribution in [0.25, 0.3) is 0 Å². The van der Waals surface area contributed by atoms with Gasteiger partial charge in [0.25, 0.3) is 5.91 Å². The van der Waals surface area contributed by atoms with Crippen molar-refractivity contribution < 1.29 is 27.9 Å². The van der Waals surface area contributed by atoms with Crippen LogP contribution in [-0.2, 0) is 14.6 Å². The van der Waals surface area contributed by atoms with Crippen molar-refractivity contribution in [2.24, 2.45) is 0 Å². The highest BCUT2D eigenvalue weighted by Crippen LogP contribution is 2.28. The number of carbonyl (C=O) groups is 2. The number of amides is 1. The third kappa shape index (κ3) is 3.53. The molecule has 0 radical (unpaired) electrons. The van der Waals surface area contributed by atoms with Gasteiger partial charge in [0.05, 0.1) is 31.1 Å². The van der Waals surface area contributed by atoms with Gasteiger partial charge in [0.1, 0.15) is 10.6 Å². The zero-order chi connectivity index (χ0) is 15.6. The maximum Gasteiger partial charge on any atom is 0.305 e. The highest BCUT2D eigenvalue weighted by Gasteiger charge is 2.36. The van der Waals surface area contributed by atoms with Crippen LogP contribution in [0.4, 0.5) is 0 Å². The summed E-state index contributed by atoms with van der Waals surface area (Å²) in [6.45, 7) is 0.000166. The molecule has 2 rings (SSSR count). The minimum Gasteiger partial charge on any atom is -0.495 e. The minimum atomic E-state index is -3.31. The second-order valence-corrected chi connectivity index (χ2v) is 7.83. The summed E-state index contributed by atoms with van der Waals surface area (Å²) < 4.78 is 28.4. The molecule has 1 aromatic heterocycles. The molecule has 1 unspecified atom stereocenters. The van der Waals surface area contributed by atoms with E-state index in [9.17, 15) is 18.0 Å². The molecule has 1 N–H and O–H groups in total.